The predicted molar refractivity (Wildman–Crippen MR) is 178 cm³/mol. The van der Waals surface area contributed by atoms with Crippen molar-refractivity contribution in [2.45, 2.75) is 36.8 Å². The van der Waals surface area contributed by atoms with Gasteiger partial charge in [-0.15, -0.1) is 11.8 Å². The summed E-state index contributed by atoms with van der Waals surface area (Å²) in [6.45, 7) is 6.00. The predicted octanol–water partition coefficient (Wildman–Crippen LogP) is 8.65. The molecule has 9 heteroatoms. The average molecular weight is 633 g/mol. The second-order valence-electron chi connectivity index (χ2n) is 10.1. The van der Waals surface area contributed by atoms with E-state index in [1.54, 1.807) is 73.7 Å². The molecule has 1 unspecified atom stereocenters. The molecule has 0 bridgehead atoms. The highest BCUT2D eigenvalue weighted by Crippen LogP contribution is 2.29. The van der Waals surface area contributed by atoms with Crippen molar-refractivity contribution in [3.8, 4) is 0 Å². The van der Waals surface area contributed by atoms with Gasteiger partial charge in [-0.3, -0.25) is 14.4 Å². The van der Waals surface area contributed by atoms with E-state index in [1.807, 2.05) is 36.4 Å². The van der Waals surface area contributed by atoms with Crippen LogP contribution in [0.5, 0.6) is 0 Å². The topological polar surface area (TPSA) is 87.3 Å². The van der Waals surface area contributed by atoms with Gasteiger partial charge >= 0.3 is 0 Å². The van der Waals surface area contributed by atoms with Crippen molar-refractivity contribution in [1.82, 2.24) is 5.32 Å². The lowest BCUT2D eigenvalue weighted by atomic mass is 10.0. The van der Waals surface area contributed by atoms with Gasteiger partial charge < -0.3 is 16.0 Å². The fourth-order valence-electron chi connectivity index (χ4n) is 4.01. The van der Waals surface area contributed by atoms with E-state index >= 15 is 0 Å². The van der Waals surface area contributed by atoms with E-state index in [9.17, 15) is 14.4 Å². The Balaban J connectivity index is 1.49. The monoisotopic (exact) mass is 631 g/mol. The lowest BCUT2D eigenvalue weighted by Crippen LogP contribution is -2.30. The highest BCUT2D eigenvalue weighted by Gasteiger charge is 2.18. The maximum Gasteiger partial charge on any atom is 0.272 e. The van der Waals surface area contributed by atoms with Crippen molar-refractivity contribution in [3.05, 3.63) is 129 Å². The number of rotatable bonds is 10. The van der Waals surface area contributed by atoms with Gasteiger partial charge in [0.15, 0.2) is 0 Å². The molecule has 4 aromatic carbocycles. The van der Waals surface area contributed by atoms with Crippen molar-refractivity contribution in [3.63, 3.8) is 0 Å². The molecule has 0 aliphatic heterocycles. The van der Waals surface area contributed by atoms with Crippen molar-refractivity contribution < 1.29 is 14.4 Å². The lowest BCUT2D eigenvalue weighted by molar-refractivity contribution is -0.115. The summed E-state index contributed by atoms with van der Waals surface area (Å²) in [7, 11) is 0. The van der Waals surface area contributed by atoms with E-state index in [1.165, 1.54) is 17.3 Å². The average Bonchev–Trinajstić information content (AvgIpc) is 2.99. The second kappa shape index (κ2) is 14.9. The summed E-state index contributed by atoms with van der Waals surface area (Å²) in [6, 6.07) is 28.6. The Hall–Kier alpha value is -4.04. The van der Waals surface area contributed by atoms with E-state index in [2.05, 4.69) is 29.8 Å². The first kappa shape index (κ1) is 31.9. The smallest absolute Gasteiger partial charge is 0.272 e. The Labute approximate surface area is 265 Å². The zero-order valence-corrected chi connectivity index (χ0v) is 26.2. The standard InChI is InChI=1S/C34H31Cl2N3O3S/c1-21(2)24-14-12-23(13-15-24)18-31(39-33(41)25-8-5-4-6-9-25)34(42)37-27-10-7-11-28(20-27)43-22(3)32(40)38-30-17-16-26(35)19-29(30)36/h4-22H,1-3H3,(H,37,42)(H,38,40)(H,39,41)/b31-18+. The summed E-state index contributed by atoms with van der Waals surface area (Å²) >= 11 is 13.5. The number of benzene rings is 4. The number of amides is 3. The fraction of sp³-hybridized carbons (Fsp3) is 0.147. The number of halogens is 2. The molecule has 6 nitrogen and oxygen atoms in total. The Morgan fingerprint density at radius 3 is 2.19 bits per heavy atom. The van der Waals surface area contributed by atoms with E-state index in [0.29, 0.717) is 32.9 Å². The second-order valence-corrected chi connectivity index (χ2v) is 12.3. The third kappa shape index (κ3) is 9.22. The van der Waals surface area contributed by atoms with Crippen LogP contribution < -0.4 is 16.0 Å². The number of hydrogen-bond donors (Lipinski definition) is 3. The van der Waals surface area contributed by atoms with E-state index in [-0.39, 0.29) is 11.6 Å². The quantitative estimate of drug-likeness (QED) is 0.121. The summed E-state index contributed by atoms with van der Waals surface area (Å²) < 4.78 is 0. The molecule has 0 aliphatic rings. The van der Waals surface area contributed by atoms with Crippen molar-refractivity contribution in [1.29, 1.82) is 0 Å². The van der Waals surface area contributed by atoms with Crippen LogP contribution in [-0.4, -0.2) is 23.0 Å². The number of thioether (sulfide) groups is 1. The van der Waals surface area contributed by atoms with Gasteiger partial charge in [0.2, 0.25) is 5.91 Å². The largest absolute Gasteiger partial charge is 0.324 e. The molecule has 43 heavy (non-hydrogen) atoms. The van der Waals surface area contributed by atoms with Crippen LogP contribution in [0.2, 0.25) is 10.0 Å². The molecule has 3 N–H and O–H groups in total. The van der Waals surface area contributed by atoms with Crippen LogP contribution in [0.3, 0.4) is 0 Å². The van der Waals surface area contributed by atoms with Crippen LogP contribution in [0.1, 0.15) is 48.2 Å². The minimum atomic E-state index is -0.484. The Kier molecular flexibility index (Phi) is 11.1. The maximum absolute atomic E-state index is 13.5. The molecule has 0 aromatic heterocycles. The minimum Gasteiger partial charge on any atom is -0.324 e. The molecule has 0 saturated heterocycles. The summed E-state index contributed by atoms with van der Waals surface area (Å²) in [6.07, 6.45) is 1.65. The SMILES string of the molecule is CC(Sc1cccc(NC(=O)/C(=C\c2ccc(C(C)C)cc2)NC(=O)c2ccccc2)c1)C(=O)Nc1ccc(Cl)cc1Cl. The van der Waals surface area contributed by atoms with Gasteiger partial charge in [0, 0.05) is 21.2 Å². The number of hydrogen-bond acceptors (Lipinski definition) is 4. The highest BCUT2D eigenvalue weighted by molar-refractivity contribution is 8.00. The Morgan fingerprint density at radius 1 is 0.791 bits per heavy atom. The van der Waals surface area contributed by atoms with E-state index < -0.39 is 17.1 Å². The van der Waals surface area contributed by atoms with Crippen molar-refractivity contribution in [2.24, 2.45) is 0 Å². The molecule has 4 rings (SSSR count). The summed E-state index contributed by atoms with van der Waals surface area (Å²) in [5.41, 5.74) is 3.45. The zero-order valence-electron chi connectivity index (χ0n) is 23.9. The minimum absolute atomic E-state index is 0.0943. The molecule has 0 aliphatic carbocycles. The number of carbonyl (C=O) groups excluding carboxylic acids is 3. The lowest BCUT2D eigenvalue weighted by Gasteiger charge is -2.15. The Bertz CT molecular complexity index is 1640. The molecule has 0 saturated carbocycles. The van der Waals surface area contributed by atoms with Crippen LogP contribution in [0, 0.1) is 0 Å². The molecular weight excluding hydrogens is 601 g/mol. The van der Waals surface area contributed by atoms with Gasteiger partial charge in [-0.05, 0) is 78.6 Å². The summed E-state index contributed by atoms with van der Waals surface area (Å²) in [5.74, 6) is -0.748. The fourth-order valence-corrected chi connectivity index (χ4v) is 5.40. The first-order valence-electron chi connectivity index (χ1n) is 13.6. The molecule has 0 heterocycles. The van der Waals surface area contributed by atoms with Gasteiger partial charge in [-0.2, -0.15) is 0 Å². The Morgan fingerprint density at radius 2 is 1.51 bits per heavy atom. The number of carbonyl (C=O) groups is 3. The van der Waals surface area contributed by atoms with Crippen LogP contribution in [0.25, 0.3) is 6.08 Å². The van der Waals surface area contributed by atoms with Crippen molar-refractivity contribution >= 4 is 70.1 Å². The van der Waals surface area contributed by atoms with Gasteiger partial charge in [0.25, 0.3) is 11.8 Å². The number of nitrogens with one attached hydrogen (secondary N) is 3. The van der Waals surface area contributed by atoms with Crippen LogP contribution in [-0.2, 0) is 9.59 Å². The molecule has 1 atom stereocenters. The number of anilines is 2. The van der Waals surface area contributed by atoms with Gasteiger partial charge in [-0.25, -0.2) is 0 Å². The first-order valence-corrected chi connectivity index (χ1v) is 15.2. The third-order valence-corrected chi connectivity index (χ3v) is 8.05. The van der Waals surface area contributed by atoms with Crippen LogP contribution in [0.15, 0.2) is 108 Å². The first-order chi connectivity index (χ1) is 20.6. The highest BCUT2D eigenvalue weighted by atomic mass is 35.5. The van der Waals surface area contributed by atoms with E-state index in [4.69, 9.17) is 23.2 Å². The van der Waals surface area contributed by atoms with Crippen LogP contribution in [0.4, 0.5) is 11.4 Å². The molecule has 0 fully saturated rings. The van der Waals surface area contributed by atoms with Crippen LogP contribution >= 0.6 is 35.0 Å². The van der Waals surface area contributed by atoms with Gasteiger partial charge in [0.05, 0.1) is 16.0 Å². The van der Waals surface area contributed by atoms with Crippen molar-refractivity contribution in [2.75, 3.05) is 10.6 Å². The molecular formula is C34H31Cl2N3O3S. The van der Waals surface area contributed by atoms with Gasteiger partial charge in [0.1, 0.15) is 5.70 Å². The summed E-state index contributed by atoms with van der Waals surface area (Å²) in [4.78, 5) is 40.0. The van der Waals surface area contributed by atoms with Gasteiger partial charge in [-0.1, -0.05) is 85.6 Å². The normalized spacial score (nSPS) is 12.0. The third-order valence-electron chi connectivity index (χ3n) is 6.41. The zero-order chi connectivity index (χ0) is 30.9. The molecule has 0 spiro atoms. The molecule has 0 radical (unpaired) electrons. The molecule has 4 aromatic rings. The molecule has 3 amide bonds. The van der Waals surface area contributed by atoms with E-state index in [0.717, 1.165) is 10.5 Å². The maximum atomic E-state index is 13.5. The summed E-state index contributed by atoms with van der Waals surface area (Å²) in [5, 5.41) is 8.82. The molecule has 220 valence electrons.